The number of ether oxygens (including phenoxy) is 3. The summed E-state index contributed by atoms with van der Waals surface area (Å²) < 4.78 is 16.8. The fourth-order valence-electron chi connectivity index (χ4n) is 8.28. The summed E-state index contributed by atoms with van der Waals surface area (Å²) in [6.07, 6.45) is 82.4. The number of rotatable bonds is 54. The van der Waals surface area contributed by atoms with Crippen molar-refractivity contribution in [3.8, 4) is 0 Å². The number of carbonyl (C=O) groups excluding carboxylic acids is 3. The van der Waals surface area contributed by atoms with Crippen LogP contribution in [-0.4, -0.2) is 37.2 Å². The lowest BCUT2D eigenvalue weighted by molar-refractivity contribution is -0.167. The first-order valence-corrected chi connectivity index (χ1v) is 30.4. The lowest BCUT2D eigenvalue weighted by Crippen LogP contribution is -2.30. The van der Waals surface area contributed by atoms with Crippen molar-refractivity contribution in [1.29, 1.82) is 0 Å². The maximum absolute atomic E-state index is 12.9. The van der Waals surface area contributed by atoms with Gasteiger partial charge in [-0.05, 0) is 103 Å². The predicted molar refractivity (Wildman–Crippen MR) is 316 cm³/mol. The van der Waals surface area contributed by atoms with E-state index in [2.05, 4.69) is 130 Å². The van der Waals surface area contributed by atoms with Gasteiger partial charge in [0.1, 0.15) is 13.2 Å². The molecule has 416 valence electrons. The average molecular weight is 1010 g/mol. The van der Waals surface area contributed by atoms with Gasteiger partial charge in [-0.25, -0.2) is 0 Å². The Hall–Kier alpha value is -3.93. The number of esters is 3. The van der Waals surface area contributed by atoms with Crippen LogP contribution in [0.5, 0.6) is 0 Å². The normalized spacial score (nSPS) is 12.9. The van der Waals surface area contributed by atoms with Gasteiger partial charge in [-0.2, -0.15) is 0 Å². The Balaban J connectivity index is 4.44. The second kappa shape index (κ2) is 60.6. The number of hydrogen-bond donors (Lipinski definition) is 0. The van der Waals surface area contributed by atoms with Crippen molar-refractivity contribution >= 4 is 17.9 Å². The molecule has 0 amide bonds. The Bertz CT molecular complexity index is 1490. The summed E-state index contributed by atoms with van der Waals surface area (Å²) >= 11 is 0. The second-order valence-corrected chi connectivity index (χ2v) is 19.9. The fraction of sp³-hybridized carbons (Fsp3) is 0.687. The third-order valence-corrected chi connectivity index (χ3v) is 12.8. The molecular formula is C67H112O6. The first-order valence-electron chi connectivity index (χ1n) is 30.4. The Morgan fingerprint density at radius 1 is 0.288 bits per heavy atom. The molecule has 6 heteroatoms. The molecule has 0 rings (SSSR count). The van der Waals surface area contributed by atoms with Gasteiger partial charge in [0.05, 0.1) is 0 Å². The molecule has 0 saturated heterocycles. The third kappa shape index (κ3) is 58.8. The molecule has 73 heavy (non-hydrogen) atoms. The van der Waals surface area contributed by atoms with Crippen LogP contribution in [0.15, 0.2) is 109 Å². The van der Waals surface area contributed by atoms with Crippen LogP contribution < -0.4 is 0 Å². The lowest BCUT2D eigenvalue weighted by atomic mass is 10.0. The maximum atomic E-state index is 12.9. The van der Waals surface area contributed by atoms with E-state index in [4.69, 9.17) is 14.2 Å². The standard InChI is InChI=1S/C67H112O6/c1-4-7-10-13-16-19-22-25-28-30-32-33-35-37-40-42-45-48-51-54-57-60-66(69)72-63-64(73-67(70)61-58-55-52-49-46-43-38-27-24-21-18-15-12-9-6-3)62-71-65(68)59-56-53-50-47-44-41-39-36-34-31-29-26-23-20-17-14-11-8-5-2/h8-9,11-12,17-18,20-21,26-27,29,34,36,38,41,44,46,49,64H,4-7,10,13-16,19,22-25,28,30-33,35,37,39-40,42-43,45,47-48,50-63H2,1-3H3/b11-8-,12-9-,20-17-,21-18-,29-26-,36-34-,38-27-,44-41-,49-46-/t64-/m1/s1. The van der Waals surface area contributed by atoms with Crippen molar-refractivity contribution in [2.45, 2.75) is 284 Å². The number of allylic oxidation sites excluding steroid dienone is 18. The molecule has 0 fully saturated rings. The van der Waals surface area contributed by atoms with Gasteiger partial charge in [-0.1, -0.05) is 265 Å². The van der Waals surface area contributed by atoms with Crippen molar-refractivity contribution in [3.63, 3.8) is 0 Å². The summed E-state index contributed by atoms with van der Waals surface area (Å²) in [5.41, 5.74) is 0. The second-order valence-electron chi connectivity index (χ2n) is 19.9. The highest BCUT2D eigenvalue weighted by Crippen LogP contribution is 2.16. The van der Waals surface area contributed by atoms with Gasteiger partial charge in [0.25, 0.3) is 0 Å². The third-order valence-electron chi connectivity index (χ3n) is 12.8. The highest BCUT2D eigenvalue weighted by Gasteiger charge is 2.19. The zero-order valence-corrected chi connectivity index (χ0v) is 47.6. The van der Waals surface area contributed by atoms with Gasteiger partial charge in [0.2, 0.25) is 0 Å². The van der Waals surface area contributed by atoms with Gasteiger partial charge < -0.3 is 14.2 Å². The maximum Gasteiger partial charge on any atom is 0.306 e. The molecular weight excluding hydrogens is 901 g/mol. The summed E-state index contributed by atoms with van der Waals surface area (Å²) in [5, 5.41) is 0. The monoisotopic (exact) mass is 1010 g/mol. The molecule has 0 aromatic rings. The van der Waals surface area contributed by atoms with E-state index >= 15 is 0 Å². The summed E-state index contributed by atoms with van der Waals surface area (Å²) in [4.78, 5) is 38.2. The van der Waals surface area contributed by atoms with Gasteiger partial charge in [-0.15, -0.1) is 0 Å². The fourth-order valence-corrected chi connectivity index (χ4v) is 8.28. The van der Waals surface area contributed by atoms with Crippen molar-refractivity contribution in [3.05, 3.63) is 109 Å². The van der Waals surface area contributed by atoms with E-state index < -0.39 is 6.10 Å². The van der Waals surface area contributed by atoms with Crippen molar-refractivity contribution in [2.24, 2.45) is 0 Å². The molecule has 0 N–H and O–H groups in total. The van der Waals surface area contributed by atoms with Crippen LogP contribution in [0.4, 0.5) is 0 Å². The van der Waals surface area contributed by atoms with Crippen molar-refractivity contribution in [1.82, 2.24) is 0 Å². The summed E-state index contributed by atoms with van der Waals surface area (Å²) in [7, 11) is 0. The molecule has 1 atom stereocenters. The minimum Gasteiger partial charge on any atom is -0.462 e. The summed E-state index contributed by atoms with van der Waals surface area (Å²) in [6, 6.07) is 0. The summed E-state index contributed by atoms with van der Waals surface area (Å²) in [5.74, 6) is -0.975. The van der Waals surface area contributed by atoms with Crippen LogP contribution in [0, 0.1) is 0 Å². The first kappa shape index (κ1) is 69.1. The van der Waals surface area contributed by atoms with Crippen LogP contribution in [0.2, 0.25) is 0 Å². The van der Waals surface area contributed by atoms with E-state index in [0.717, 1.165) is 116 Å². The SMILES string of the molecule is CC/C=C\C/C=C\C/C=C\C/C=C\C/C=C\CCCCCC(=O)OC[C@H](COC(=O)CCCCCCCCCCCCCCCCCCCCCCC)OC(=O)CCCC/C=C\C/C=C\C/C=C\C/C=C\CC. The van der Waals surface area contributed by atoms with Gasteiger partial charge in [0.15, 0.2) is 6.10 Å². The smallest absolute Gasteiger partial charge is 0.306 e. The predicted octanol–water partition coefficient (Wildman–Crippen LogP) is 20.7. The minimum atomic E-state index is -0.815. The van der Waals surface area contributed by atoms with Crippen LogP contribution in [0.25, 0.3) is 0 Å². The average Bonchev–Trinajstić information content (AvgIpc) is 3.39. The van der Waals surface area contributed by atoms with Gasteiger partial charge in [-0.3, -0.25) is 14.4 Å². The van der Waals surface area contributed by atoms with Crippen LogP contribution in [-0.2, 0) is 28.6 Å². The number of carbonyl (C=O) groups is 3. The molecule has 0 heterocycles. The molecule has 0 aromatic heterocycles. The molecule has 0 aromatic carbocycles. The van der Waals surface area contributed by atoms with Crippen LogP contribution >= 0.6 is 0 Å². The Labute approximate surface area is 450 Å². The van der Waals surface area contributed by atoms with Crippen molar-refractivity contribution in [2.75, 3.05) is 13.2 Å². The molecule has 0 spiro atoms. The number of unbranched alkanes of at least 4 members (excludes halogenated alkanes) is 25. The minimum absolute atomic E-state index is 0.105. The largest absolute Gasteiger partial charge is 0.462 e. The highest BCUT2D eigenvalue weighted by atomic mass is 16.6. The first-order chi connectivity index (χ1) is 36.0. The topological polar surface area (TPSA) is 78.9 Å². The summed E-state index contributed by atoms with van der Waals surface area (Å²) in [6.45, 7) is 6.37. The molecule has 0 unspecified atom stereocenters. The lowest BCUT2D eigenvalue weighted by Gasteiger charge is -2.18. The van der Waals surface area contributed by atoms with E-state index in [1.165, 1.54) is 116 Å². The Morgan fingerprint density at radius 3 is 0.863 bits per heavy atom. The van der Waals surface area contributed by atoms with Gasteiger partial charge >= 0.3 is 17.9 Å². The molecule has 0 saturated carbocycles. The van der Waals surface area contributed by atoms with Gasteiger partial charge in [0, 0.05) is 19.3 Å². The Morgan fingerprint density at radius 2 is 0.534 bits per heavy atom. The van der Waals surface area contributed by atoms with E-state index in [-0.39, 0.29) is 37.5 Å². The zero-order chi connectivity index (χ0) is 52.9. The number of hydrogen-bond acceptors (Lipinski definition) is 6. The highest BCUT2D eigenvalue weighted by molar-refractivity contribution is 5.71. The van der Waals surface area contributed by atoms with E-state index in [9.17, 15) is 14.4 Å². The molecule has 0 aliphatic heterocycles. The molecule has 0 aliphatic rings. The quantitative estimate of drug-likeness (QED) is 0.0261. The molecule has 0 radical (unpaired) electrons. The molecule has 0 bridgehead atoms. The van der Waals surface area contributed by atoms with Crippen LogP contribution in [0.3, 0.4) is 0 Å². The zero-order valence-electron chi connectivity index (χ0n) is 47.6. The molecule has 6 nitrogen and oxygen atoms in total. The molecule has 0 aliphatic carbocycles. The van der Waals surface area contributed by atoms with E-state index in [1.54, 1.807) is 0 Å². The Kier molecular flexibility index (Phi) is 57.4. The van der Waals surface area contributed by atoms with E-state index in [0.29, 0.717) is 19.3 Å². The van der Waals surface area contributed by atoms with Crippen LogP contribution in [0.1, 0.15) is 278 Å². The van der Waals surface area contributed by atoms with Crippen molar-refractivity contribution < 1.29 is 28.6 Å². The van der Waals surface area contributed by atoms with E-state index in [1.807, 2.05) is 0 Å².